The summed E-state index contributed by atoms with van der Waals surface area (Å²) in [4.78, 5) is 11.1. The van der Waals surface area contributed by atoms with Crippen LogP contribution >= 0.6 is 11.8 Å². The zero-order valence-corrected chi connectivity index (χ0v) is 30.3. The highest BCUT2D eigenvalue weighted by Crippen LogP contribution is 2.41. The highest BCUT2D eigenvalue weighted by Gasteiger charge is 2.24. The average molecular weight is 722 g/mol. The van der Waals surface area contributed by atoms with Crippen molar-refractivity contribution in [3.8, 4) is 34.5 Å². The number of thioether (sulfide) groups is 1. The molecule has 4 aromatic carbocycles. The van der Waals surface area contributed by atoms with Crippen LogP contribution < -0.4 is 4.74 Å². The first-order chi connectivity index (χ1) is 25.3. The van der Waals surface area contributed by atoms with Crippen LogP contribution in [0, 0.1) is 17.0 Å². The second-order valence-electron chi connectivity index (χ2n) is 12.9. The molecule has 0 saturated heterocycles. The summed E-state index contributed by atoms with van der Waals surface area (Å²) in [5.74, 6) is 1.75. The van der Waals surface area contributed by atoms with Crippen LogP contribution in [-0.2, 0) is 12.2 Å². The molecule has 0 bridgehead atoms. The molecule has 0 aliphatic carbocycles. The lowest BCUT2D eigenvalue weighted by molar-refractivity contribution is -0.384. The Balaban J connectivity index is 1.37. The molecule has 12 nitrogen and oxygen atoms in total. The Morgan fingerprint density at radius 2 is 1.46 bits per heavy atom. The van der Waals surface area contributed by atoms with Crippen LogP contribution in [0.1, 0.15) is 81.5 Å². The number of non-ortho nitro benzene ring substituents is 1. The largest absolute Gasteiger partial charge is 0.508 e. The van der Waals surface area contributed by atoms with Gasteiger partial charge in [-0.15, -0.1) is 5.10 Å². The van der Waals surface area contributed by atoms with Gasteiger partial charge in [0.2, 0.25) is 11.0 Å². The van der Waals surface area contributed by atoms with E-state index in [1.807, 2.05) is 37.3 Å². The molecule has 0 spiro atoms. The molecule has 0 saturated carbocycles. The Kier molecular flexibility index (Phi) is 12.0. The number of phenols is 2. The molecule has 2 aromatic heterocycles. The minimum atomic E-state index is -0.425. The number of nitro benzene ring substituents is 1. The molecule has 270 valence electrons. The number of unbranched alkanes of at least 4 members (excludes halogenated alkanes) is 8. The Hall–Kier alpha value is -5.43. The standard InChI is InChI=1S/C39H43N7O5S/c1-3-4-5-6-7-8-9-10-11-16-35-34(26-52-39-40-42-43-45(39)29-21-23-31(47)24-22-29)38(44(41-35)28-17-19-30(20-18-28)46(49)50)51-36-25-27(2)37(48)33-15-13-12-14-32(33)36/h12-15,17-25,47-48H,3-11,16,26H2,1-2H3. The van der Waals surface area contributed by atoms with E-state index in [4.69, 9.17) is 9.84 Å². The number of aromatic nitrogens is 6. The van der Waals surface area contributed by atoms with Crippen molar-refractivity contribution in [1.29, 1.82) is 0 Å². The third-order valence-corrected chi connectivity index (χ3v) is 10.0. The number of nitrogens with zero attached hydrogens (tertiary/aromatic N) is 7. The SMILES string of the molecule is CCCCCCCCCCCc1nn(-c2ccc([N+](=O)[O-])cc2)c(Oc2cc(C)c(O)c3ccccc23)c1CSc1nnnn1-c1ccc(O)cc1. The number of fused-ring (bicyclic) bond motifs is 1. The van der Waals surface area contributed by atoms with Crippen molar-refractivity contribution in [3.05, 3.63) is 106 Å². The van der Waals surface area contributed by atoms with Gasteiger partial charge in [-0.05, 0) is 78.2 Å². The van der Waals surface area contributed by atoms with Crippen molar-refractivity contribution in [2.45, 2.75) is 89.0 Å². The molecule has 6 aromatic rings. The highest BCUT2D eigenvalue weighted by atomic mass is 32.2. The maximum absolute atomic E-state index is 11.5. The topological polar surface area (TPSA) is 154 Å². The monoisotopic (exact) mass is 721 g/mol. The molecule has 0 radical (unpaired) electrons. The maximum atomic E-state index is 11.5. The number of hydrogen-bond donors (Lipinski definition) is 2. The zero-order valence-electron chi connectivity index (χ0n) is 29.4. The number of tetrazole rings is 1. The second-order valence-corrected chi connectivity index (χ2v) is 13.8. The van der Waals surface area contributed by atoms with Crippen LogP contribution in [0.2, 0.25) is 0 Å². The minimum Gasteiger partial charge on any atom is -0.508 e. The Morgan fingerprint density at radius 1 is 0.827 bits per heavy atom. The Morgan fingerprint density at radius 3 is 2.15 bits per heavy atom. The fourth-order valence-corrected chi connectivity index (χ4v) is 7.15. The summed E-state index contributed by atoms with van der Waals surface area (Å²) in [7, 11) is 0. The van der Waals surface area contributed by atoms with Gasteiger partial charge in [0, 0.05) is 34.2 Å². The predicted molar refractivity (Wildman–Crippen MR) is 202 cm³/mol. The Bertz CT molecular complexity index is 2110. The number of nitro groups is 1. The number of aryl methyl sites for hydroxylation is 2. The van der Waals surface area contributed by atoms with Crippen molar-refractivity contribution < 1.29 is 19.9 Å². The van der Waals surface area contributed by atoms with Crippen molar-refractivity contribution in [2.24, 2.45) is 0 Å². The minimum absolute atomic E-state index is 0.0229. The van der Waals surface area contributed by atoms with E-state index in [1.165, 1.54) is 62.4 Å². The summed E-state index contributed by atoms with van der Waals surface area (Å²) in [6, 6.07) is 22.2. The van der Waals surface area contributed by atoms with Crippen LogP contribution in [-0.4, -0.2) is 45.1 Å². The number of hydrogen-bond acceptors (Lipinski definition) is 10. The molecule has 13 heteroatoms. The van der Waals surface area contributed by atoms with Crippen molar-refractivity contribution in [2.75, 3.05) is 0 Å². The molecule has 0 aliphatic rings. The highest BCUT2D eigenvalue weighted by molar-refractivity contribution is 7.98. The summed E-state index contributed by atoms with van der Waals surface area (Å²) in [5.41, 5.74) is 3.65. The summed E-state index contributed by atoms with van der Waals surface area (Å²) < 4.78 is 10.2. The van der Waals surface area contributed by atoms with Crippen LogP contribution in [0.3, 0.4) is 0 Å². The van der Waals surface area contributed by atoms with Gasteiger partial charge >= 0.3 is 0 Å². The van der Waals surface area contributed by atoms with Gasteiger partial charge in [-0.25, -0.2) is 4.68 Å². The van der Waals surface area contributed by atoms with Gasteiger partial charge in [0.25, 0.3) is 5.69 Å². The van der Waals surface area contributed by atoms with Gasteiger partial charge in [-0.3, -0.25) is 10.1 Å². The van der Waals surface area contributed by atoms with E-state index in [9.17, 15) is 20.3 Å². The first kappa shape index (κ1) is 36.4. The molecule has 0 atom stereocenters. The van der Waals surface area contributed by atoms with Crippen LogP contribution in [0.4, 0.5) is 5.69 Å². The van der Waals surface area contributed by atoms with E-state index in [0.29, 0.717) is 51.3 Å². The average Bonchev–Trinajstić information content (AvgIpc) is 3.76. The first-order valence-electron chi connectivity index (χ1n) is 17.8. The summed E-state index contributed by atoms with van der Waals surface area (Å²) in [6.45, 7) is 4.06. The molecular formula is C39H43N7O5S. The zero-order chi connectivity index (χ0) is 36.5. The fraction of sp³-hybridized carbons (Fsp3) is 0.333. The van der Waals surface area contributed by atoms with Gasteiger partial charge in [0.05, 0.1) is 22.0 Å². The number of phenolic OH excluding ortho intramolecular Hbond substituents is 2. The molecule has 2 N–H and O–H groups in total. The van der Waals surface area contributed by atoms with Crippen LogP contribution in [0.5, 0.6) is 23.1 Å². The summed E-state index contributed by atoms with van der Waals surface area (Å²) >= 11 is 1.43. The predicted octanol–water partition coefficient (Wildman–Crippen LogP) is 9.79. The number of ether oxygens (including phenoxy) is 1. The molecule has 52 heavy (non-hydrogen) atoms. The maximum Gasteiger partial charge on any atom is 0.269 e. The van der Waals surface area contributed by atoms with E-state index in [2.05, 4.69) is 22.4 Å². The quantitative estimate of drug-likeness (QED) is 0.0379. The third-order valence-electron chi connectivity index (χ3n) is 9.10. The molecule has 2 heterocycles. The van der Waals surface area contributed by atoms with Crippen molar-refractivity contribution >= 4 is 28.2 Å². The van der Waals surface area contributed by atoms with E-state index in [1.54, 1.807) is 45.8 Å². The molecular weight excluding hydrogens is 679 g/mol. The van der Waals surface area contributed by atoms with Gasteiger partial charge in [-0.1, -0.05) is 94.3 Å². The molecule has 0 fully saturated rings. The van der Waals surface area contributed by atoms with E-state index >= 15 is 0 Å². The molecule has 6 rings (SSSR count). The Labute approximate surface area is 306 Å². The van der Waals surface area contributed by atoms with Crippen molar-refractivity contribution in [1.82, 2.24) is 30.0 Å². The third kappa shape index (κ3) is 8.53. The van der Waals surface area contributed by atoms with Gasteiger partial charge < -0.3 is 14.9 Å². The normalized spacial score (nSPS) is 11.3. The summed E-state index contributed by atoms with van der Waals surface area (Å²) in [5, 5.41) is 51.7. The lowest BCUT2D eigenvalue weighted by Gasteiger charge is -2.15. The van der Waals surface area contributed by atoms with Crippen LogP contribution in [0.25, 0.3) is 22.1 Å². The van der Waals surface area contributed by atoms with Gasteiger partial charge in [0.15, 0.2) is 0 Å². The molecule has 0 amide bonds. The fourth-order valence-electron chi connectivity index (χ4n) is 6.23. The van der Waals surface area contributed by atoms with Gasteiger partial charge in [0.1, 0.15) is 17.2 Å². The van der Waals surface area contributed by atoms with E-state index in [0.717, 1.165) is 35.9 Å². The number of rotatable bonds is 18. The lowest BCUT2D eigenvalue weighted by atomic mass is 10.0. The molecule has 0 unspecified atom stereocenters. The number of aromatic hydroxyl groups is 2. The first-order valence-corrected chi connectivity index (χ1v) is 18.8. The second kappa shape index (κ2) is 17.2. The lowest BCUT2D eigenvalue weighted by Crippen LogP contribution is -2.02. The smallest absolute Gasteiger partial charge is 0.269 e. The van der Waals surface area contributed by atoms with E-state index in [-0.39, 0.29) is 17.2 Å². The van der Waals surface area contributed by atoms with E-state index < -0.39 is 4.92 Å². The van der Waals surface area contributed by atoms with Gasteiger partial charge in [-0.2, -0.15) is 9.78 Å². The van der Waals surface area contributed by atoms with Crippen LogP contribution in [0.15, 0.2) is 84.0 Å². The number of benzene rings is 4. The molecule has 0 aliphatic heterocycles. The van der Waals surface area contributed by atoms with Crippen molar-refractivity contribution in [3.63, 3.8) is 0 Å². The summed E-state index contributed by atoms with van der Waals surface area (Å²) in [6.07, 6.45) is 11.5.